The van der Waals surface area contributed by atoms with E-state index in [-0.39, 0.29) is 5.91 Å². The number of aromatic nitrogens is 2. The summed E-state index contributed by atoms with van der Waals surface area (Å²) in [4.78, 5) is 14.7. The molecule has 2 aliphatic rings. The van der Waals surface area contributed by atoms with Crippen LogP contribution >= 0.6 is 0 Å². The van der Waals surface area contributed by atoms with E-state index in [4.69, 9.17) is 9.47 Å². The molecule has 0 atom stereocenters. The highest BCUT2D eigenvalue weighted by atomic mass is 16.5. The second kappa shape index (κ2) is 7.60. The summed E-state index contributed by atoms with van der Waals surface area (Å²) in [5.41, 5.74) is 5.11. The van der Waals surface area contributed by atoms with E-state index in [2.05, 4.69) is 16.3 Å². The molecule has 0 saturated carbocycles. The molecule has 26 heavy (non-hydrogen) atoms. The van der Waals surface area contributed by atoms with Crippen molar-refractivity contribution in [1.29, 1.82) is 0 Å². The zero-order chi connectivity index (χ0) is 17.9. The van der Waals surface area contributed by atoms with E-state index in [9.17, 15) is 4.79 Å². The number of nitrogens with one attached hydrogen (secondary N) is 1. The van der Waals surface area contributed by atoms with E-state index >= 15 is 0 Å². The lowest BCUT2D eigenvalue weighted by atomic mass is 9.95. The average Bonchev–Trinajstić information content (AvgIpc) is 3.06. The molecule has 2 aromatic rings. The van der Waals surface area contributed by atoms with Crippen molar-refractivity contribution < 1.29 is 14.3 Å². The van der Waals surface area contributed by atoms with E-state index in [1.807, 2.05) is 23.1 Å². The summed E-state index contributed by atoms with van der Waals surface area (Å²) in [7, 11) is 1.69. The third-order valence-electron chi connectivity index (χ3n) is 5.31. The Kier molecular flexibility index (Phi) is 5.04. The van der Waals surface area contributed by atoms with Crippen LogP contribution in [0.25, 0.3) is 11.3 Å². The maximum absolute atomic E-state index is 12.7. The van der Waals surface area contributed by atoms with Crippen LogP contribution in [0.1, 0.15) is 29.7 Å². The first kappa shape index (κ1) is 17.2. The molecule has 1 aromatic carbocycles. The summed E-state index contributed by atoms with van der Waals surface area (Å²) >= 11 is 0. The number of benzene rings is 1. The van der Waals surface area contributed by atoms with Gasteiger partial charge in [-0.05, 0) is 30.4 Å². The van der Waals surface area contributed by atoms with Crippen LogP contribution in [0.4, 0.5) is 0 Å². The molecule has 0 aliphatic carbocycles. The Morgan fingerprint density at radius 2 is 2.19 bits per heavy atom. The van der Waals surface area contributed by atoms with Crippen LogP contribution in [0, 0.1) is 5.92 Å². The first-order chi connectivity index (χ1) is 12.7. The van der Waals surface area contributed by atoms with Crippen molar-refractivity contribution in [2.24, 2.45) is 5.92 Å². The van der Waals surface area contributed by atoms with Crippen molar-refractivity contribution in [3.63, 3.8) is 0 Å². The van der Waals surface area contributed by atoms with E-state index in [1.54, 1.807) is 7.11 Å². The molecule has 1 saturated heterocycles. The highest BCUT2D eigenvalue weighted by Crippen LogP contribution is 2.30. The standard InChI is InChI=1S/C20H25N3O3/c1-25-13-15-3-2-4-16(9-15)20-17-10-19(24)23(12-18(17)21-22-20)11-14-5-7-26-8-6-14/h2-4,9,14H,5-8,10-13H2,1H3,(H,21,22). The van der Waals surface area contributed by atoms with E-state index < -0.39 is 0 Å². The number of amides is 1. The molecule has 0 spiro atoms. The summed E-state index contributed by atoms with van der Waals surface area (Å²) < 4.78 is 10.6. The summed E-state index contributed by atoms with van der Waals surface area (Å²) in [5, 5.41) is 7.68. The Balaban J connectivity index is 1.53. The predicted molar refractivity (Wildman–Crippen MR) is 97.4 cm³/mol. The molecule has 0 radical (unpaired) electrons. The molecule has 4 rings (SSSR count). The summed E-state index contributed by atoms with van der Waals surface area (Å²) in [6.07, 6.45) is 2.49. The van der Waals surface area contributed by atoms with Gasteiger partial charge >= 0.3 is 0 Å². The molecule has 6 heteroatoms. The van der Waals surface area contributed by atoms with Crippen molar-refractivity contribution in [1.82, 2.24) is 15.1 Å². The Morgan fingerprint density at radius 1 is 1.35 bits per heavy atom. The molecule has 0 unspecified atom stereocenters. The lowest BCUT2D eigenvalue weighted by Gasteiger charge is -2.32. The van der Waals surface area contributed by atoms with Gasteiger partial charge in [0.25, 0.3) is 0 Å². The number of carbonyl (C=O) groups is 1. The molecule has 1 amide bonds. The van der Waals surface area contributed by atoms with Gasteiger partial charge in [0.1, 0.15) is 0 Å². The molecule has 3 heterocycles. The van der Waals surface area contributed by atoms with Crippen LogP contribution in [-0.2, 0) is 33.8 Å². The Labute approximate surface area is 153 Å². The lowest BCUT2D eigenvalue weighted by molar-refractivity contribution is -0.133. The van der Waals surface area contributed by atoms with Crippen molar-refractivity contribution in [3.8, 4) is 11.3 Å². The number of aromatic amines is 1. The Morgan fingerprint density at radius 3 is 3.00 bits per heavy atom. The van der Waals surface area contributed by atoms with Crippen LogP contribution in [-0.4, -0.2) is 47.9 Å². The molecule has 1 N–H and O–H groups in total. The molecule has 138 valence electrons. The SMILES string of the molecule is COCc1cccc(-c2n[nH]c3c2CC(=O)N(CC2CCOCC2)C3)c1. The number of methoxy groups -OCH3 is 1. The fraction of sp³-hybridized carbons (Fsp3) is 0.500. The van der Waals surface area contributed by atoms with Crippen molar-refractivity contribution in [2.45, 2.75) is 32.4 Å². The normalized spacial score (nSPS) is 18.2. The van der Waals surface area contributed by atoms with Gasteiger partial charge in [0.05, 0.1) is 31.0 Å². The summed E-state index contributed by atoms with van der Waals surface area (Å²) in [6, 6.07) is 8.16. The minimum absolute atomic E-state index is 0.194. The topological polar surface area (TPSA) is 67.5 Å². The quantitative estimate of drug-likeness (QED) is 0.895. The zero-order valence-corrected chi connectivity index (χ0v) is 15.2. The summed E-state index contributed by atoms with van der Waals surface area (Å²) in [6.45, 7) is 3.63. The van der Waals surface area contributed by atoms with Gasteiger partial charge in [-0.15, -0.1) is 0 Å². The number of ether oxygens (including phenoxy) is 2. The number of carbonyl (C=O) groups excluding carboxylic acids is 1. The largest absolute Gasteiger partial charge is 0.381 e. The summed E-state index contributed by atoms with van der Waals surface area (Å²) in [5.74, 6) is 0.738. The van der Waals surface area contributed by atoms with E-state index in [0.717, 1.165) is 60.7 Å². The van der Waals surface area contributed by atoms with Gasteiger partial charge in [-0.2, -0.15) is 5.10 Å². The molecule has 1 aromatic heterocycles. The molecule has 1 fully saturated rings. The van der Waals surface area contributed by atoms with Gasteiger partial charge in [-0.25, -0.2) is 0 Å². The zero-order valence-electron chi connectivity index (χ0n) is 15.2. The fourth-order valence-electron chi connectivity index (χ4n) is 3.89. The van der Waals surface area contributed by atoms with Crippen LogP contribution in [0.3, 0.4) is 0 Å². The minimum atomic E-state index is 0.194. The Bertz CT molecular complexity index is 780. The first-order valence-corrected chi connectivity index (χ1v) is 9.24. The Hall–Kier alpha value is -2.18. The monoisotopic (exact) mass is 355 g/mol. The molecular formula is C20H25N3O3. The third-order valence-corrected chi connectivity index (χ3v) is 5.31. The molecular weight excluding hydrogens is 330 g/mol. The molecule has 0 bridgehead atoms. The van der Waals surface area contributed by atoms with Gasteiger partial charge in [-0.1, -0.05) is 18.2 Å². The molecule has 2 aliphatic heterocycles. The second-order valence-corrected chi connectivity index (χ2v) is 7.17. The van der Waals surface area contributed by atoms with Crippen LogP contribution in [0.15, 0.2) is 24.3 Å². The number of rotatable bonds is 5. The van der Waals surface area contributed by atoms with Crippen LogP contribution in [0.5, 0.6) is 0 Å². The van der Waals surface area contributed by atoms with Crippen molar-refractivity contribution >= 4 is 5.91 Å². The molecule has 6 nitrogen and oxygen atoms in total. The number of nitrogens with zero attached hydrogens (tertiary/aromatic N) is 2. The van der Waals surface area contributed by atoms with Crippen LogP contribution < -0.4 is 0 Å². The minimum Gasteiger partial charge on any atom is -0.381 e. The third kappa shape index (κ3) is 3.52. The van der Waals surface area contributed by atoms with Gasteiger partial charge in [0.2, 0.25) is 5.91 Å². The van der Waals surface area contributed by atoms with E-state index in [1.165, 1.54) is 0 Å². The number of H-pyrrole nitrogens is 1. The maximum Gasteiger partial charge on any atom is 0.227 e. The van der Waals surface area contributed by atoms with Gasteiger partial charge in [-0.3, -0.25) is 9.89 Å². The number of fused-ring (bicyclic) bond motifs is 1. The number of hydrogen-bond acceptors (Lipinski definition) is 4. The maximum atomic E-state index is 12.7. The van der Waals surface area contributed by atoms with Crippen LogP contribution in [0.2, 0.25) is 0 Å². The van der Waals surface area contributed by atoms with Gasteiger partial charge in [0.15, 0.2) is 0 Å². The highest BCUT2D eigenvalue weighted by Gasteiger charge is 2.29. The van der Waals surface area contributed by atoms with Crippen molar-refractivity contribution in [2.75, 3.05) is 26.9 Å². The van der Waals surface area contributed by atoms with Gasteiger partial charge < -0.3 is 14.4 Å². The second-order valence-electron chi connectivity index (χ2n) is 7.17. The number of hydrogen-bond donors (Lipinski definition) is 1. The van der Waals surface area contributed by atoms with Crippen molar-refractivity contribution in [3.05, 3.63) is 41.1 Å². The highest BCUT2D eigenvalue weighted by molar-refractivity contribution is 5.83. The average molecular weight is 355 g/mol. The van der Waals surface area contributed by atoms with Gasteiger partial charge in [0, 0.05) is 38.0 Å². The first-order valence-electron chi connectivity index (χ1n) is 9.24. The van der Waals surface area contributed by atoms with E-state index in [0.29, 0.717) is 25.5 Å². The smallest absolute Gasteiger partial charge is 0.227 e. The lowest BCUT2D eigenvalue weighted by Crippen LogP contribution is -2.40. The fourth-order valence-corrected chi connectivity index (χ4v) is 3.89. The predicted octanol–water partition coefficient (Wildman–Crippen LogP) is 2.53.